The summed E-state index contributed by atoms with van der Waals surface area (Å²) in [6.07, 6.45) is 2.72. The van der Waals surface area contributed by atoms with Crippen LogP contribution in [0.3, 0.4) is 0 Å². The Morgan fingerprint density at radius 3 is 2.71 bits per heavy atom. The molecule has 6 heteroatoms. The molecule has 3 N–H and O–H groups in total. The minimum atomic E-state index is 0.650. The third-order valence-electron chi connectivity index (χ3n) is 3.35. The van der Waals surface area contributed by atoms with E-state index < -0.39 is 0 Å². The van der Waals surface area contributed by atoms with Gasteiger partial charge in [-0.15, -0.1) is 0 Å². The van der Waals surface area contributed by atoms with Crippen molar-refractivity contribution in [3.05, 3.63) is 39.5 Å². The third-order valence-corrected chi connectivity index (χ3v) is 3.94. The Bertz CT molecular complexity index is 622. The van der Waals surface area contributed by atoms with Crippen LogP contribution in [-0.2, 0) is 19.9 Å². The summed E-state index contributed by atoms with van der Waals surface area (Å²) in [4.78, 5) is 0. The Balaban J connectivity index is 2.00. The summed E-state index contributed by atoms with van der Waals surface area (Å²) < 4.78 is 1.80. The minimum Gasteiger partial charge on any atom is -0.394 e. The molecule has 114 valence electrons. The molecule has 0 radical (unpaired) electrons. The van der Waals surface area contributed by atoms with Crippen LogP contribution in [0.25, 0.3) is 0 Å². The largest absolute Gasteiger partial charge is 0.394 e. The first-order valence-corrected chi connectivity index (χ1v) is 7.77. The fourth-order valence-corrected chi connectivity index (χ4v) is 2.77. The average molecular weight is 327 g/mol. The number of nitrogens with one attached hydrogen (secondary N) is 1. The standard InChI is InChI=1S/C15H20Cl2N4/c1-3-4-13-14(18)15(21(2)20-13)19-8-7-10-5-6-11(16)9-12(10)17/h5-6,9,19H,3-4,7-8,18H2,1-2H3. The Morgan fingerprint density at radius 2 is 2.05 bits per heavy atom. The molecule has 21 heavy (non-hydrogen) atoms. The molecular weight excluding hydrogens is 307 g/mol. The van der Waals surface area contributed by atoms with E-state index in [-0.39, 0.29) is 0 Å². The first-order chi connectivity index (χ1) is 10.0. The molecule has 0 amide bonds. The molecule has 0 spiro atoms. The van der Waals surface area contributed by atoms with Crippen molar-refractivity contribution in [2.45, 2.75) is 26.2 Å². The van der Waals surface area contributed by atoms with Gasteiger partial charge in [0.15, 0.2) is 0 Å². The van der Waals surface area contributed by atoms with Gasteiger partial charge in [0.05, 0.1) is 11.4 Å². The maximum Gasteiger partial charge on any atom is 0.147 e. The molecule has 1 heterocycles. The van der Waals surface area contributed by atoms with Crippen LogP contribution in [0.1, 0.15) is 24.6 Å². The number of aryl methyl sites for hydroxylation is 2. The van der Waals surface area contributed by atoms with Crippen molar-refractivity contribution in [3.8, 4) is 0 Å². The van der Waals surface area contributed by atoms with Crippen molar-refractivity contribution in [1.29, 1.82) is 0 Å². The van der Waals surface area contributed by atoms with Gasteiger partial charge in [0.25, 0.3) is 0 Å². The van der Waals surface area contributed by atoms with Gasteiger partial charge < -0.3 is 11.1 Å². The van der Waals surface area contributed by atoms with Gasteiger partial charge in [-0.05, 0) is 30.5 Å². The van der Waals surface area contributed by atoms with Gasteiger partial charge in [0.2, 0.25) is 0 Å². The maximum atomic E-state index is 6.16. The molecule has 0 bridgehead atoms. The number of rotatable bonds is 6. The van der Waals surface area contributed by atoms with Crippen LogP contribution in [0.15, 0.2) is 18.2 Å². The molecule has 0 atom stereocenters. The van der Waals surface area contributed by atoms with Crippen LogP contribution in [0, 0.1) is 0 Å². The van der Waals surface area contributed by atoms with Crippen LogP contribution in [0.2, 0.25) is 10.0 Å². The summed E-state index contributed by atoms with van der Waals surface area (Å²) in [5.41, 5.74) is 8.88. The molecular formula is C15H20Cl2N4. The molecule has 0 aliphatic rings. The summed E-state index contributed by atoms with van der Waals surface area (Å²) in [6.45, 7) is 2.85. The van der Waals surface area contributed by atoms with Gasteiger partial charge in [-0.2, -0.15) is 5.10 Å². The summed E-state index contributed by atoms with van der Waals surface area (Å²) in [5, 5.41) is 9.11. The van der Waals surface area contributed by atoms with Crippen molar-refractivity contribution >= 4 is 34.7 Å². The van der Waals surface area contributed by atoms with E-state index in [4.69, 9.17) is 28.9 Å². The molecule has 0 saturated carbocycles. The van der Waals surface area contributed by atoms with Crippen LogP contribution in [0.4, 0.5) is 11.5 Å². The number of hydrogen-bond donors (Lipinski definition) is 2. The second-order valence-electron chi connectivity index (χ2n) is 5.00. The molecule has 0 unspecified atom stereocenters. The van der Waals surface area contributed by atoms with Crippen LogP contribution >= 0.6 is 23.2 Å². The van der Waals surface area contributed by atoms with Gasteiger partial charge in [-0.25, -0.2) is 0 Å². The predicted octanol–water partition coefficient (Wildman–Crippen LogP) is 3.92. The Labute approximate surface area is 135 Å². The van der Waals surface area contributed by atoms with Gasteiger partial charge in [-0.3, -0.25) is 4.68 Å². The van der Waals surface area contributed by atoms with Gasteiger partial charge in [-0.1, -0.05) is 42.6 Å². The molecule has 1 aromatic heterocycles. The van der Waals surface area contributed by atoms with Crippen LogP contribution < -0.4 is 11.1 Å². The Kier molecular flexibility index (Phi) is 5.37. The summed E-state index contributed by atoms with van der Waals surface area (Å²) in [6, 6.07) is 5.55. The monoisotopic (exact) mass is 326 g/mol. The smallest absolute Gasteiger partial charge is 0.147 e. The van der Waals surface area contributed by atoms with E-state index in [9.17, 15) is 0 Å². The van der Waals surface area contributed by atoms with E-state index in [2.05, 4.69) is 17.3 Å². The highest BCUT2D eigenvalue weighted by molar-refractivity contribution is 6.35. The highest BCUT2D eigenvalue weighted by Gasteiger charge is 2.12. The molecule has 2 aromatic rings. The lowest BCUT2D eigenvalue weighted by atomic mass is 10.1. The number of nitrogen functional groups attached to an aromatic ring is 1. The zero-order valence-electron chi connectivity index (χ0n) is 12.3. The van der Waals surface area contributed by atoms with E-state index in [0.717, 1.165) is 48.6 Å². The van der Waals surface area contributed by atoms with E-state index in [1.807, 2.05) is 19.2 Å². The Hall–Kier alpha value is -1.39. The number of nitrogens with zero attached hydrogens (tertiary/aromatic N) is 2. The van der Waals surface area contributed by atoms with E-state index in [1.165, 1.54) is 0 Å². The lowest BCUT2D eigenvalue weighted by molar-refractivity contribution is 0.734. The third kappa shape index (κ3) is 3.83. The average Bonchev–Trinajstić information content (AvgIpc) is 2.69. The maximum absolute atomic E-state index is 6.16. The van der Waals surface area contributed by atoms with E-state index in [1.54, 1.807) is 10.7 Å². The molecule has 0 saturated heterocycles. The highest BCUT2D eigenvalue weighted by atomic mass is 35.5. The molecule has 0 fully saturated rings. The quantitative estimate of drug-likeness (QED) is 0.845. The SMILES string of the molecule is CCCc1nn(C)c(NCCc2ccc(Cl)cc2Cl)c1N. The number of halogens is 2. The molecule has 1 aromatic carbocycles. The van der Waals surface area contributed by atoms with Gasteiger partial charge in [0, 0.05) is 23.6 Å². The summed E-state index contributed by atoms with van der Waals surface area (Å²) >= 11 is 12.1. The zero-order valence-corrected chi connectivity index (χ0v) is 13.8. The first-order valence-electron chi connectivity index (χ1n) is 7.02. The predicted molar refractivity (Wildman–Crippen MR) is 90.3 cm³/mol. The zero-order chi connectivity index (χ0) is 15.4. The number of nitrogens with two attached hydrogens (primary N) is 1. The fraction of sp³-hybridized carbons (Fsp3) is 0.400. The topological polar surface area (TPSA) is 55.9 Å². The lowest BCUT2D eigenvalue weighted by Gasteiger charge is -2.09. The number of hydrogen-bond acceptors (Lipinski definition) is 3. The van der Waals surface area contributed by atoms with Gasteiger partial charge in [0.1, 0.15) is 5.82 Å². The molecule has 4 nitrogen and oxygen atoms in total. The van der Waals surface area contributed by atoms with Crippen molar-refractivity contribution in [2.75, 3.05) is 17.6 Å². The number of anilines is 2. The summed E-state index contributed by atoms with van der Waals surface area (Å²) in [5.74, 6) is 0.864. The van der Waals surface area contributed by atoms with E-state index in [0.29, 0.717) is 10.0 Å². The van der Waals surface area contributed by atoms with Crippen molar-refractivity contribution in [3.63, 3.8) is 0 Å². The van der Waals surface area contributed by atoms with Crippen LogP contribution in [0.5, 0.6) is 0 Å². The van der Waals surface area contributed by atoms with Gasteiger partial charge >= 0.3 is 0 Å². The number of benzene rings is 1. The fourth-order valence-electron chi connectivity index (χ4n) is 2.27. The second kappa shape index (κ2) is 7.05. The minimum absolute atomic E-state index is 0.650. The van der Waals surface area contributed by atoms with Crippen molar-refractivity contribution in [2.24, 2.45) is 7.05 Å². The molecule has 2 rings (SSSR count). The van der Waals surface area contributed by atoms with Crippen molar-refractivity contribution in [1.82, 2.24) is 9.78 Å². The lowest BCUT2D eigenvalue weighted by Crippen LogP contribution is -2.10. The normalized spacial score (nSPS) is 10.9. The highest BCUT2D eigenvalue weighted by Crippen LogP contribution is 2.24. The van der Waals surface area contributed by atoms with Crippen LogP contribution in [-0.4, -0.2) is 16.3 Å². The molecule has 0 aliphatic heterocycles. The van der Waals surface area contributed by atoms with E-state index >= 15 is 0 Å². The first kappa shape index (κ1) is 16.0. The number of aromatic nitrogens is 2. The Morgan fingerprint density at radius 1 is 1.29 bits per heavy atom. The second-order valence-corrected chi connectivity index (χ2v) is 5.84. The molecule has 0 aliphatic carbocycles. The summed E-state index contributed by atoms with van der Waals surface area (Å²) in [7, 11) is 1.90. The van der Waals surface area contributed by atoms with Crippen molar-refractivity contribution < 1.29 is 0 Å².